The van der Waals surface area contributed by atoms with Gasteiger partial charge in [-0.25, -0.2) is 13.6 Å². The van der Waals surface area contributed by atoms with E-state index in [0.717, 1.165) is 11.0 Å². The fraction of sp³-hybridized carbons (Fsp3) is 0.421. The minimum Gasteiger partial charge on any atom is -0.493 e. The number of aromatic nitrogens is 2. The summed E-state index contributed by atoms with van der Waals surface area (Å²) in [6.45, 7) is 2.37. The lowest BCUT2D eigenvalue weighted by molar-refractivity contribution is 0.179. The van der Waals surface area contributed by atoms with Gasteiger partial charge in [0.25, 0.3) is 0 Å². The molecule has 8 nitrogen and oxygen atoms in total. The molecular formula is C19H20F2N4O4. The highest BCUT2D eigenvalue weighted by Crippen LogP contribution is 2.47. The lowest BCUT2D eigenvalue weighted by atomic mass is 9.89. The number of nitrogens with zero attached hydrogens (tertiary/aromatic N) is 4. The maximum absolute atomic E-state index is 14.1. The van der Waals surface area contributed by atoms with Crippen molar-refractivity contribution in [3.8, 4) is 17.0 Å². The lowest BCUT2D eigenvalue weighted by Crippen LogP contribution is -2.57. The molecule has 1 saturated heterocycles. The average molecular weight is 406 g/mol. The van der Waals surface area contributed by atoms with Gasteiger partial charge in [0, 0.05) is 12.6 Å². The normalized spacial score (nSPS) is 23.0. The molecule has 0 unspecified atom stereocenters. The number of carbonyl (C=O) groups is 1. The second kappa shape index (κ2) is 6.80. The molecule has 4 rings (SSSR count). The van der Waals surface area contributed by atoms with Crippen molar-refractivity contribution in [3.63, 3.8) is 0 Å². The maximum atomic E-state index is 14.1. The number of halogens is 2. The number of carboxylic acid groups (broad SMARTS) is 1. The fourth-order valence-corrected chi connectivity index (χ4v) is 4.35. The van der Waals surface area contributed by atoms with E-state index in [-0.39, 0.29) is 29.4 Å². The first-order valence-corrected chi connectivity index (χ1v) is 9.17. The average Bonchev–Trinajstić information content (AvgIpc) is 3.03. The van der Waals surface area contributed by atoms with E-state index < -0.39 is 29.4 Å². The summed E-state index contributed by atoms with van der Waals surface area (Å²) in [6.07, 6.45) is -0.809. The van der Waals surface area contributed by atoms with Crippen molar-refractivity contribution in [2.75, 3.05) is 30.0 Å². The molecule has 3 heterocycles. The van der Waals surface area contributed by atoms with E-state index in [1.165, 1.54) is 13.2 Å². The molecule has 1 amide bonds. The predicted octanol–water partition coefficient (Wildman–Crippen LogP) is 2.65. The largest absolute Gasteiger partial charge is 0.493 e. The molecule has 2 aromatic rings. The highest BCUT2D eigenvalue weighted by atomic mass is 19.1. The minimum absolute atomic E-state index is 0.0644. The number of β-amino-alcohol motifs (C(OH)–C–C–N with tert-alkyl or cyclic N) is 1. The van der Waals surface area contributed by atoms with Crippen molar-refractivity contribution in [1.29, 1.82) is 0 Å². The van der Waals surface area contributed by atoms with Gasteiger partial charge >= 0.3 is 6.09 Å². The van der Waals surface area contributed by atoms with Crippen LogP contribution in [-0.4, -0.2) is 58.3 Å². The van der Waals surface area contributed by atoms with Crippen molar-refractivity contribution in [1.82, 2.24) is 10.2 Å². The Bertz CT molecular complexity index is 989. The lowest BCUT2D eigenvalue weighted by Gasteiger charge is -2.46. The third kappa shape index (κ3) is 2.94. The Labute approximate surface area is 165 Å². The number of methoxy groups -OCH3 is 1. The van der Waals surface area contributed by atoms with E-state index in [9.17, 15) is 23.8 Å². The van der Waals surface area contributed by atoms with Gasteiger partial charge in [-0.1, -0.05) is 6.92 Å². The van der Waals surface area contributed by atoms with Gasteiger partial charge in [-0.3, -0.25) is 4.90 Å². The van der Waals surface area contributed by atoms with Crippen LogP contribution in [0.25, 0.3) is 11.3 Å². The van der Waals surface area contributed by atoms with E-state index in [2.05, 4.69) is 10.2 Å². The summed E-state index contributed by atoms with van der Waals surface area (Å²) < 4.78 is 33.1. The number of rotatable bonds is 3. The molecule has 29 heavy (non-hydrogen) atoms. The van der Waals surface area contributed by atoms with E-state index in [4.69, 9.17) is 4.74 Å². The minimum atomic E-state index is -1.18. The van der Waals surface area contributed by atoms with Crippen LogP contribution in [0.3, 0.4) is 0 Å². The molecule has 0 spiro atoms. The van der Waals surface area contributed by atoms with Gasteiger partial charge in [-0.15, -0.1) is 10.2 Å². The molecule has 1 aromatic carbocycles. The van der Waals surface area contributed by atoms with Crippen LogP contribution < -0.4 is 14.5 Å². The van der Waals surface area contributed by atoms with E-state index in [1.54, 1.807) is 0 Å². The van der Waals surface area contributed by atoms with Crippen LogP contribution in [0.2, 0.25) is 0 Å². The summed E-state index contributed by atoms with van der Waals surface area (Å²) in [6, 6.07) is 3.33. The molecular weight excluding hydrogens is 386 g/mol. The van der Waals surface area contributed by atoms with Crippen LogP contribution in [-0.2, 0) is 0 Å². The number of aliphatic hydroxyl groups excluding tert-OH is 1. The van der Waals surface area contributed by atoms with Crippen LogP contribution in [0.1, 0.15) is 19.8 Å². The molecule has 0 aliphatic carbocycles. The zero-order valence-corrected chi connectivity index (χ0v) is 15.9. The second-order valence-corrected chi connectivity index (χ2v) is 7.32. The molecule has 0 bridgehead atoms. The predicted molar refractivity (Wildman–Crippen MR) is 100 cm³/mol. The Morgan fingerprint density at radius 1 is 1.34 bits per heavy atom. The van der Waals surface area contributed by atoms with E-state index in [0.29, 0.717) is 31.1 Å². The van der Waals surface area contributed by atoms with Gasteiger partial charge < -0.3 is 19.8 Å². The van der Waals surface area contributed by atoms with Crippen molar-refractivity contribution >= 4 is 17.6 Å². The van der Waals surface area contributed by atoms with E-state index in [1.807, 2.05) is 11.8 Å². The molecule has 2 N–H and O–H groups in total. The highest BCUT2D eigenvalue weighted by Gasteiger charge is 2.51. The molecule has 0 radical (unpaired) electrons. The van der Waals surface area contributed by atoms with Gasteiger partial charge in [0.15, 0.2) is 17.4 Å². The number of amides is 1. The molecule has 10 heteroatoms. The fourth-order valence-electron chi connectivity index (χ4n) is 4.35. The van der Waals surface area contributed by atoms with Crippen molar-refractivity contribution < 1.29 is 28.5 Å². The van der Waals surface area contributed by atoms with Gasteiger partial charge in [0.1, 0.15) is 5.82 Å². The van der Waals surface area contributed by atoms with Gasteiger partial charge in [-0.2, -0.15) is 0 Å². The van der Waals surface area contributed by atoms with Crippen molar-refractivity contribution in [2.24, 2.45) is 0 Å². The molecule has 2 aliphatic heterocycles. The number of fused-ring (bicyclic) bond motifs is 3. The number of hydrogen-bond donors (Lipinski definition) is 2. The maximum Gasteiger partial charge on any atom is 0.413 e. The molecule has 2 aliphatic rings. The van der Waals surface area contributed by atoms with Crippen molar-refractivity contribution in [2.45, 2.75) is 31.4 Å². The zero-order valence-electron chi connectivity index (χ0n) is 15.9. The smallest absolute Gasteiger partial charge is 0.413 e. The van der Waals surface area contributed by atoms with Crippen molar-refractivity contribution in [3.05, 3.63) is 29.8 Å². The Kier molecular flexibility index (Phi) is 4.53. The number of ether oxygens (including phenoxy) is 1. The second-order valence-electron chi connectivity index (χ2n) is 7.32. The highest BCUT2D eigenvalue weighted by molar-refractivity contribution is 5.92. The third-order valence-corrected chi connectivity index (χ3v) is 5.71. The monoisotopic (exact) mass is 406 g/mol. The molecule has 1 fully saturated rings. The Morgan fingerprint density at radius 3 is 2.76 bits per heavy atom. The van der Waals surface area contributed by atoms with Gasteiger partial charge in [0.2, 0.25) is 0 Å². The number of benzene rings is 1. The molecule has 154 valence electrons. The Balaban J connectivity index is 1.91. The molecule has 2 atom stereocenters. The van der Waals surface area contributed by atoms with Crippen LogP contribution in [0.15, 0.2) is 18.2 Å². The molecule has 0 saturated carbocycles. The number of anilines is 2. The number of hydrogen-bond acceptors (Lipinski definition) is 6. The topological polar surface area (TPSA) is 99.0 Å². The third-order valence-electron chi connectivity index (χ3n) is 5.71. The van der Waals surface area contributed by atoms with Crippen LogP contribution in [0.4, 0.5) is 25.1 Å². The van der Waals surface area contributed by atoms with Crippen LogP contribution >= 0.6 is 0 Å². The first-order chi connectivity index (χ1) is 13.8. The standard InChI is InChI=1S/C19H20F2N4O4/c1-3-19-7-11(26)8-25(19)15-6-14(22-23-17(15)24(9-19)18(27)28)12-4-10(20)5-13(21)16(12)29-2/h4-6,11,26H,3,7-9H2,1-2H3,(H,27,28)/t11-,19-/m1/s1. The first-order valence-electron chi connectivity index (χ1n) is 9.17. The summed E-state index contributed by atoms with van der Waals surface area (Å²) in [5, 5.41) is 28.0. The van der Waals surface area contributed by atoms with Gasteiger partial charge in [-0.05, 0) is 25.0 Å². The summed E-state index contributed by atoms with van der Waals surface area (Å²) in [7, 11) is 1.26. The van der Waals surface area contributed by atoms with E-state index >= 15 is 0 Å². The van der Waals surface area contributed by atoms with Crippen LogP contribution in [0.5, 0.6) is 5.75 Å². The zero-order chi connectivity index (χ0) is 20.9. The van der Waals surface area contributed by atoms with Crippen LogP contribution in [0, 0.1) is 11.6 Å². The Morgan fingerprint density at radius 2 is 2.10 bits per heavy atom. The Hall–Kier alpha value is -3.01. The first kappa shape index (κ1) is 19.3. The number of aliphatic hydroxyl groups is 1. The summed E-state index contributed by atoms with van der Waals surface area (Å²) in [4.78, 5) is 14.9. The molecule has 1 aromatic heterocycles. The summed E-state index contributed by atoms with van der Waals surface area (Å²) in [5.41, 5.74) is 0.0450. The summed E-state index contributed by atoms with van der Waals surface area (Å²) in [5.74, 6) is -1.75. The van der Waals surface area contributed by atoms with Gasteiger partial charge in [0.05, 0.1) is 42.2 Å². The summed E-state index contributed by atoms with van der Waals surface area (Å²) >= 11 is 0. The SMILES string of the molecule is CC[C@]12C[C@@H](O)CN1c1cc(-c3cc(F)cc(F)c3OC)nnc1N(C(=O)O)C2. The quantitative estimate of drug-likeness (QED) is 0.808.